The molecular weight excluding hydrogens is 238 g/mol. The molecular formula is C16H21NO2. The summed E-state index contributed by atoms with van der Waals surface area (Å²) in [7, 11) is 1.68. The fraction of sp³-hybridized carbons (Fsp3) is 0.375. The number of aryl methyl sites for hydroxylation is 2. The van der Waals surface area contributed by atoms with Crippen LogP contribution in [0.25, 0.3) is 0 Å². The van der Waals surface area contributed by atoms with Crippen molar-refractivity contribution in [2.45, 2.75) is 32.7 Å². The van der Waals surface area contributed by atoms with Crippen LogP contribution in [0.15, 0.2) is 34.7 Å². The molecule has 0 amide bonds. The van der Waals surface area contributed by atoms with Gasteiger partial charge in [-0.05, 0) is 37.1 Å². The van der Waals surface area contributed by atoms with Crippen LogP contribution in [0.1, 0.15) is 35.6 Å². The van der Waals surface area contributed by atoms with E-state index in [0.717, 1.165) is 29.3 Å². The van der Waals surface area contributed by atoms with Gasteiger partial charge in [0, 0.05) is 6.42 Å². The normalized spacial score (nSPS) is 12.4. The van der Waals surface area contributed by atoms with E-state index in [1.807, 2.05) is 24.3 Å². The molecule has 1 aromatic carbocycles. The highest BCUT2D eigenvalue weighted by Crippen LogP contribution is 2.26. The molecule has 0 saturated heterocycles. The number of rotatable bonds is 5. The topological polar surface area (TPSA) is 48.4 Å². The highest BCUT2D eigenvalue weighted by molar-refractivity contribution is 5.37. The lowest BCUT2D eigenvalue weighted by Crippen LogP contribution is -2.13. The van der Waals surface area contributed by atoms with Crippen LogP contribution >= 0.6 is 0 Å². The Morgan fingerprint density at radius 1 is 1.26 bits per heavy atom. The van der Waals surface area contributed by atoms with Crippen LogP contribution in [0.4, 0.5) is 0 Å². The van der Waals surface area contributed by atoms with E-state index in [4.69, 9.17) is 14.9 Å². The van der Waals surface area contributed by atoms with Gasteiger partial charge in [-0.1, -0.05) is 24.6 Å². The maximum absolute atomic E-state index is 6.22. The van der Waals surface area contributed by atoms with E-state index in [-0.39, 0.29) is 6.04 Å². The van der Waals surface area contributed by atoms with Gasteiger partial charge in [0.2, 0.25) is 0 Å². The van der Waals surface area contributed by atoms with Gasteiger partial charge in [-0.2, -0.15) is 0 Å². The summed E-state index contributed by atoms with van der Waals surface area (Å²) >= 11 is 0. The van der Waals surface area contributed by atoms with Crippen molar-refractivity contribution in [2.75, 3.05) is 7.11 Å². The van der Waals surface area contributed by atoms with Crippen LogP contribution in [-0.4, -0.2) is 7.11 Å². The second-order valence-corrected chi connectivity index (χ2v) is 4.78. The number of hydrogen-bond donors (Lipinski definition) is 1. The number of furan rings is 1. The summed E-state index contributed by atoms with van der Waals surface area (Å²) in [4.78, 5) is 0. The van der Waals surface area contributed by atoms with Crippen LogP contribution in [0.2, 0.25) is 0 Å². The van der Waals surface area contributed by atoms with E-state index in [1.165, 1.54) is 5.56 Å². The quantitative estimate of drug-likeness (QED) is 0.895. The van der Waals surface area contributed by atoms with Gasteiger partial charge in [0.25, 0.3) is 0 Å². The predicted molar refractivity (Wildman–Crippen MR) is 76.4 cm³/mol. The number of nitrogens with two attached hydrogens (primary N) is 1. The fourth-order valence-corrected chi connectivity index (χ4v) is 2.19. The summed E-state index contributed by atoms with van der Waals surface area (Å²) in [5, 5.41) is 0. The van der Waals surface area contributed by atoms with Crippen LogP contribution in [0.5, 0.6) is 5.75 Å². The molecule has 0 spiro atoms. The van der Waals surface area contributed by atoms with Crippen molar-refractivity contribution in [1.29, 1.82) is 0 Å². The molecule has 3 nitrogen and oxygen atoms in total. The molecule has 3 heteroatoms. The number of benzene rings is 1. The Hall–Kier alpha value is -1.74. The summed E-state index contributed by atoms with van der Waals surface area (Å²) in [6.07, 6.45) is 1.60. The minimum Gasteiger partial charge on any atom is -0.496 e. The van der Waals surface area contributed by atoms with Gasteiger partial charge in [-0.3, -0.25) is 0 Å². The van der Waals surface area contributed by atoms with Crippen molar-refractivity contribution in [2.24, 2.45) is 5.73 Å². The first-order chi connectivity index (χ1) is 9.13. The second-order valence-electron chi connectivity index (χ2n) is 4.78. The van der Waals surface area contributed by atoms with Crippen molar-refractivity contribution >= 4 is 0 Å². The van der Waals surface area contributed by atoms with Crippen LogP contribution in [0, 0.1) is 6.92 Å². The zero-order valence-corrected chi connectivity index (χ0v) is 11.8. The minimum absolute atomic E-state index is 0.143. The molecule has 102 valence electrons. The lowest BCUT2D eigenvalue weighted by atomic mass is 10.0. The van der Waals surface area contributed by atoms with Gasteiger partial charge < -0.3 is 14.9 Å². The Morgan fingerprint density at radius 2 is 2.05 bits per heavy atom. The van der Waals surface area contributed by atoms with Gasteiger partial charge in [0.05, 0.1) is 13.2 Å². The van der Waals surface area contributed by atoms with Crippen LogP contribution in [0.3, 0.4) is 0 Å². The maximum Gasteiger partial charge on any atom is 0.122 e. The molecule has 0 bridgehead atoms. The largest absolute Gasteiger partial charge is 0.496 e. The smallest absolute Gasteiger partial charge is 0.122 e. The van der Waals surface area contributed by atoms with Crippen LogP contribution < -0.4 is 10.5 Å². The van der Waals surface area contributed by atoms with E-state index >= 15 is 0 Å². The maximum atomic E-state index is 6.22. The fourth-order valence-electron chi connectivity index (χ4n) is 2.19. The Kier molecular flexibility index (Phi) is 4.27. The number of hydrogen-bond acceptors (Lipinski definition) is 3. The Balaban J connectivity index is 2.18. The molecule has 2 rings (SSSR count). The van der Waals surface area contributed by atoms with Crippen molar-refractivity contribution in [1.82, 2.24) is 0 Å². The molecule has 1 unspecified atom stereocenters. The second kappa shape index (κ2) is 5.93. The lowest BCUT2D eigenvalue weighted by Gasteiger charge is -2.13. The molecule has 1 heterocycles. The number of ether oxygens (including phenoxy) is 1. The molecule has 2 N–H and O–H groups in total. The average molecular weight is 259 g/mol. The molecule has 1 aromatic heterocycles. The average Bonchev–Trinajstić information content (AvgIpc) is 2.88. The molecule has 0 saturated carbocycles. The molecule has 0 fully saturated rings. The van der Waals surface area contributed by atoms with E-state index in [9.17, 15) is 0 Å². The van der Waals surface area contributed by atoms with Crippen LogP contribution in [-0.2, 0) is 12.8 Å². The van der Waals surface area contributed by atoms with Gasteiger partial charge in [0.15, 0.2) is 0 Å². The molecule has 1 atom stereocenters. The third kappa shape index (κ3) is 3.18. The van der Waals surface area contributed by atoms with Gasteiger partial charge >= 0.3 is 0 Å². The first-order valence-corrected chi connectivity index (χ1v) is 6.61. The van der Waals surface area contributed by atoms with Gasteiger partial charge in [-0.25, -0.2) is 0 Å². The van der Waals surface area contributed by atoms with Crippen molar-refractivity contribution in [3.63, 3.8) is 0 Å². The monoisotopic (exact) mass is 259 g/mol. The third-order valence-electron chi connectivity index (χ3n) is 3.27. The minimum atomic E-state index is -0.143. The standard InChI is InChI=1S/C16H21NO2/c1-4-13-6-8-16(19-13)14(17)10-12-9-11(2)5-7-15(12)18-3/h5-9,14H,4,10,17H2,1-3H3. The van der Waals surface area contributed by atoms with Crippen molar-refractivity contribution in [3.8, 4) is 5.75 Å². The zero-order chi connectivity index (χ0) is 13.8. The SMILES string of the molecule is CCc1ccc(C(N)Cc2cc(C)ccc2OC)o1. The number of methoxy groups -OCH3 is 1. The summed E-state index contributed by atoms with van der Waals surface area (Å²) in [5.41, 5.74) is 8.54. The molecule has 19 heavy (non-hydrogen) atoms. The molecule has 0 radical (unpaired) electrons. The van der Waals surface area contributed by atoms with Gasteiger partial charge in [0.1, 0.15) is 17.3 Å². The highest BCUT2D eigenvalue weighted by atomic mass is 16.5. The molecule has 2 aromatic rings. The first kappa shape index (κ1) is 13.7. The summed E-state index contributed by atoms with van der Waals surface area (Å²) in [6, 6.07) is 9.94. The Labute approximate surface area is 114 Å². The summed E-state index contributed by atoms with van der Waals surface area (Å²) < 4.78 is 11.1. The summed E-state index contributed by atoms with van der Waals surface area (Å²) in [5.74, 6) is 2.69. The summed E-state index contributed by atoms with van der Waals surface area (Å²) in [6.45, 7) is 4.13. The lowest BCUT2D eigenvalue weighted by molar-refractivity contribution is 0.401. The van der Waals surface area contributed by atoms with E-state index in [1.54, 1.807) is 7.11 Å². The van der Waals surface area contributed by atoms with Crippen molar-refractivity contribution < 1.29 is 9.15 Å². The van der Waals surface area contributed by atoms with Gasteiger partial charge in [-0.15, -0.1) is 0 Å². The molecule has 0 aliphatic carbocycles. The Morgan fingerprint density at radius 3 is 2.68 bits per heavy atom. The third-order valence-corrected chi connectivity index (χ3v) is 3.27. The first-order valence-electron chi connectivity index (χ1n) is 6.61. The predicted octanol–water partition coefficient (Wildman–Crippen LogP) is 3.40. The zero-order valence-electron chi connectivity index (χ0n) is 11.8. The van der Waals surface area contributed by atoms with E-state index in [0.29, 0.717) is 6.42 Å². The van der Waals surface area contributed by atoms with E-state index < -0.39 is 0 Å². The van der Waals surface area contributed by atoms with Crippen molar-refractivity contribution in [3.05, 3.63) is 53.0 Å². The highest BCUT2D eigenvalue weighted by Gasteiger charge is 2.14. The molecule has 0 aliphatic rings. The van der Waals surface area contributed by atoms with E-state index in [2.05, 4.69) is 19.9 Å². The Bertz CT molecular complexity index is 545. The molecule has 0 aliphatic heterocycles.